The molecular formula is C22H23N3O2. The van der Waals surface area contributed by atoms with Gasteiger partial charge in [-0.05, 0) is 12.0 Å². The molecule has 5 nitrogen and oxygen atoms in total. The molecule has 0 bridgehead atoms. The fourth-order valence-electron chi connectivity index (χ4n) is 3.04. The van der Waals surface area contributed by atoms with E-state index in [1.165, 1.54) is 17.0 Å². The van der Waals surface area contributed by atoms with E-state index in [0.717, 1.165) is 17.5 Å². The van der Waals surface area contributed by atoms with Crippen molar-refractivity contribution in [2.45, 2.75) is 25.8 Å². The second-order valence-corrected chi connectivity index (χ2v) is 6.33. The first-order valence-electron chi connectivity index (χ1n) is 9.13. The van der Waals surface area contributed by atoms with Crippen LogP contribution in [0.3, 0.4) is 0 Å². The molecule has 27 heavy (non-hydrogen) atoms. The smallest absolute Gasteiger partial charge is 0.253 e. The zero-order valence-electron chi connectivity index (χ0n) is 15.3. The second-order valence-electron chi connectivity index (χ2n) is 6.33. The monoisotopic (exact) mass is 361 g/mol. The van der Waals surface area contributed by atoms with E-state index in [0.29, 0.717) is 18.8 Å². The summed E-state index contributed by atoms with van der Waals surface area (Å²) in [6.07, 6.45) is 2.26. The molecule has 2 aromatic carbocycles. The molecule has 0 aliphatic heterocycles. The number of nitrogens with one attached hydrogen (secondary N) is 1. The Morgan fingerprint density at radius 2 is 1.74 bits per heavy atom. The largest absolute Gasteiger partial charge is 0.354 e. The number of benzene rings is 2. The van der Waals surface area contributed by atoms with E-state index in [2.05, 4.69) is 10.3 Å². The normalized spacial score (nSPS) is 11.7. The Morgan fingerprint density at radius 1 is 1.07 bits per heavy atom. The molecule has 0 radical (unpaired) electrons. The Hall–Kier alpha value is -3.21. The van der Waals surface area contributed by atoms with E-state index in [-0.39, 0.29) is 17.4 Å². The van der Waals surface area contributed by atoms with Crippen molar-refractivity contribution in [1.82, 2.24) is 14.9 Å². The molecule has 1 unspecified atom stereocenters. The van der Waals surface area contributed by atoms with E-state index < -0.39 is 0 Å². The van der Waals surface area contributed by atoms with E-state index in [4.69, 9.17) is 0 Å². The number of hydrogen-bond acceptors (Lipinski definition) is 3. The molecule has 0 aliphatic rings. The highest BCUT2D eigenvalue weighted by atomic mass is 16.2. The van der Waals surface area contributed by atoms with Crippen molar-refractivity contribution in [1.29, 1.82) is 0 Å². The second kappa shape index (κ2) is 8.94. The molecule has 3 aromatic rings. The Kier molecular flexibility index (Phi) is 6.15. The third-order valence-electron chi connectivity index (χ3n) is 4.53. The van der Waals surface area contributed by atoms with Crippen molar-refractivity contribution in [3.63, 3.8) is 0 Å². The summed E-state index contributed by atoms with van der Waals surface area (Å²) in [5, 5.41) is 2.93. The highest BCUT2D eigenvalue weighted by Crippen LogP contribution is 2.19. The van der Waals surface area contributed by atoms with Crippen LogP contribution in [0.25, 0.3) is 11.3 Å². The third-order valence-corrected chi connectivity index (χ3v) is 4.53. The molecular weight excluding hydrogens is 338 g/mol. The summed E-state index contributed by atoms with van der Waals surface area (Å²) < 4.78 is 1.51. The number of amides is 1. The van der Waals surface area contributed by atoms with Crippen molar-refractivity contribution in [2.24, 2.45) is 0 Å². The van der Waals surface area contributed by atoms with Gasteiger partial charge in [0.1, 0.15) is 0 Å². The van der Waals surface area contributed by atoms with Crippen LogP contribution in [0.1, 0.15) is 24.8 Å². The van der Waals surface area contributed by atoms with E-state index >= 15 is 0 Å². The number of carbonyl (C=O) groups excluding carboxylic acids is 1. The standard InChI is InChI=1S/C22H23N3O2/c1-2-19(17-9-5-3-6-10-17)22(27)23-13-14-25-16-24-20(15-21(25)26)18-11-7-4-8-12-18/h3-12,15-16,19H,2,13-14H2,1H3,(H,23,27). The fourth-order valence-corrected chi connectivity index (χ4v) is 3.04. The molecule has 138 valence electrons. The predicted octanol–water partition coefficient (Wildman–Crippen LogP) is 3.22. The lowest BCUT2D eigenvalue weighted by molar-refractivity contribution is -0.122. The number of rotatable bonds is 7. The molecule has 1 atom stereocenters. The van der Waals surface area contributed by atoms with Gasteiger partial charge < -0.3 is 5.32 Å². The Balaban J connectivity index is 1.60. The first-order chi connectivity index (χ1) is 13.2. The first kappa shape index (κ1) is 18.6. The van der Waals surface area contributed by atoms with Crippen LogP contribution in [0.2, 0.25) is 0 Å². The highest BCUT2D eigenvalue weighted by molar-refractivity contribution is 5.83. The van der Waals surface area contributed by atoms with Gasteiger partial charge in [0, 0.05) is 24.7 Å². The zero-order chi connectivity index (χ0) is 19.1. The van der Waals surface area contributed by atoms with Crippen LogP contribution in [-0.4, -0.2) is 22.0 Å². The molecule has 1 heterocycles. The van der Waals surface area contributed by atoms with Gasteiger partial charge in [0.2, 0.25) is 5.91 Å². The number of hydrogen-bond donors (Lipinski definition) is 1. The molecule has 0 saturated carbocycles. The number of carbonyl (C=O) groups is 1. The van der Waals surface area contributed by atoms with Gasteiger partial charge in [-0.2, -0.15) is 0 Å². The zero-order valence-corrected chi connectivity index (χ0v) is 15.3. The Morgan fingerprint density at radius 3 is 2.37 bits per heavy atom. The summed E-state index contributed by atoms with van der Waals surface area (Å²) in [4.78, 5) is 29.1. The molecule has 1 N–H and O–H groups in total. The molecule has 0 saturated heterocycles. The summed E-state index contributed by atoms with van der Waals surface area (Å²) in [5.74, 6) is -0.202. The van der Waals surface area contributed by atoms with Crippen LogP contribution in [0, 0.1) is 0 Å². The van der Waals surface area contributed by atoms with Gasteiger partial charge in [-0.3, -0.25) is 14.2 Å². The van der Waals surface area contributed by atoms with Crippen molar-refractivity contribution in [3.05, 3.63) is 89.0 Å². The van der Waals surface area contributed by atoms with Gasteiger partial charge in [-0.15, -0.1) is 0 Å². The third kappa shape index (κ3) is 4.70. The Bertz CT molecular complexity index is 937. The van der Waals surface area contributed by atoms with Gasteiger partial charge in [0.25, 0.3) is 5.56 Å². The SMILES string of the molecule is CCC(C(=O)NCCn1cnc(-c2ccccc2)cc1=O)c1ccccc1. The van der Waals surface area contributed by atoms with Crippen LogP contribution in [0.4, 0.5) is 0 Å². The molecule has 0 aliphatic carbocycles. The minimum atomic E-state index is -0.179. The lowest BCUT2D eigenvalue weighted by atomic mass is 9.96. The van der Waals surface area contributed by atoms with Gasteiger partial charge in [0.05, 0.1) is 17.9 Å². The van der Waals surface area contributed by atoms with Gasteiger partial charge in [-0.25, -0.2) is 4.98 Å². The molecule has 5 heteroatoms. The maximum atomic E-state index is 12.5. The molecule has 1 amide bonds. The fraction of sp³-hybridized carbons (Fsp3) is 0.227. The Labute approximate surface area is 158 Å². The van der Waals surface area contributed by atoms with Gasteiger partial charge >= 0.3 is 0 Å². The topological polar surface area (TPSA) is 64.0 Å². The van der Waals surface area contributed by atoms with Crippen molar-refractivity contribution in [3.8, 4) is 11.3 Å². The van der Waals surface area contributed by atoms with Crippen molar-refractivity contribution >= 4 is 5.91 Å². The number of aromatic nitrogens is 2. The van der Waals surface area contributed by atoms with Crippen LogP contribution < -0.4 is 10.9 Å². The predicted molar refractivity (Wildman–Crippen MR) is 106 cm³/mol. The summed E-state index contributed by atoms with van der Waals surface area (Å²) in [7, 11) is 0. The van der Waals surface area contributed by atoms with Crippen LogP contribution >= 0.6 is 0 Å². The van der Waals surface area contributed by atoms with Crippen LogP contribution in [-0.2, 0) is 11.3 Å². The van der Waals surface area contributed by atoms with Crippen LogP contribution in [0.15, 0.2) is 77.9 Å². The number of nitrogens with zero attached hydrogens (tertiary/aromatic N) is 2. The van der Waals surface area contributed by atoms with E-state index in [1.54, 1.807) is 0 Å². The lowest BCUT2D eigenvalue weighted by Gasteiger charge is -2.15. The average Bonchev–Trinajstić information content (AvgIpc) is 2.71. The van der Waals surface area contributed by atoms with Gasteiger partial charge in [-0.1, -0.05) is 67.6 Å². The van der Waals surface area contributed by atoms with Gasteiger partial charge in [0.15, 0.2) is 0 Å². The molecule has 1 aromatic heterocycles. The quantitative estimate of drug-likeness (QED) is 0.703. The first-order valence-corrected chi connectivity index (χ1v) is 9.13. The van der Waals surface area contributed by atoms with Crippen molar-refractivity contribution < 1.29 is 4.79 Å². The minimum absolute atomic E-state index is 0.0226. The van der Waals surface area contributed by atoms with E-state index in [1.807, 2.05) is 67.6 Å². The maximum Gasteiger partial charge on any atom is 0.253 e. The molecule has 3 rings (SSSR count). The van der Waals surface area contributed by atoms with Crippen molar-refractivity contribution in [2.75, 3.05) is 6.54 Å². The summed E-state index contributed by atoms with van der Waals surface area (Å²) >= 11 is 0. The van der Waals surface area contributed by atoms with Crippen LogP contribution in [0.5, 0.6) is 0 Å². The average molecular weight is 361 g/mol. The van der Waals surface area contributed by atoms with E-state index in [9.17, 15) is 9.59 Å². The summed E-state index contributed by atoms with van der Waals surface area (Å²) in [6, 6.07) is 20.8. The minimum Gasteiger partial charge on any atom is -0.354 e. The summed E-state index contributed by atoms with van der Waals surface area (Å²) in [5.41, 5.74) is 2.43. The lowest BCUT2D eigenvalue weighted by Crippen LogP contribution is -2.33. The molecule has 0 fully saturated rings. The molecule has 0 spiro atoms. The summed E-state index contributed by atoms with van der Waals surface area (Å²) in [6.45, 7) is 2.76. The maximum absolute atomic E-state index is 12.5. The highest BCUT2D eigenvalue weighted by Gasteiger charge is 2.17.